The summed E-state index contributed by atoms with van der Waals surface area (Å²) < 4.78 is 5.22. The van der Waals surface area contributed by atoms with Crippen LogP contribution in [0.3, 0.4) is 0 Å². The number of aromatic nitrogens is 2. The summed E-state index contributed by atoms with van der Waals surface area (Å²) in [5.74, 6) is 0.379. The number of hydrogen-bond donors (Lipinski definition) is 1. The maximum absolute atomic E-state index is 11.9. The molecular formula is C14H14ClN3O2. The minimum atomic E-state index is -0.292. The molecule has 0 bridgehead atoms. The van der Waals surface area contributed by atoms with Crippen LogP contribution in [0.5, 0.6) is 5.75 Å². The van der Waals surface area contributed by atoms with Gasteiger partial charge in [0.25, 0.3) is 5.91 Å². The Bertz CT molecular complexity index is 614. The van der Waals surface area contributed by atoms with E-state index in [1.165, 1.54) is 6.20 Å². The number of rotatable bonds is 4. The lowest BCUT2D eigenvalue weighted by atomic mass is 10.2. The maximum Gasteiger partial charge on any atom is 0.271 e. The Morgan fingerprint density at radius 1 is 1.35 bits per heavy atom. The Labute approximate surface area is 122 Å². The molecule has 0 fully saturated rings. The van der Waals surface area contributed by atoms with Gasteiger partial charge in [-0.25, -0.2) is 4.98 Å². The Hall–Kier alpha value is -2.14. The van der Waals surface area contributed by atoms with Crippen LogP contribution in [0.4, 0.5) is 0 Å². The van der Waals surface area contributed by atoms with E-state index in [1.807, 2.05) is 6.92 Å². The topological polar surface area (TPSA) is 64.1 Å². The SMILES string of the molecule is COc1ccc(Cl)cc1CNC(=O)c1cnc(C)cn1. The second-order valence-electron chi connectivity index (χ2n) is 4.18. The van der Waals surface area contributed by atoms with Gasteiger partial charge in [0.15, 0.2) is 0 Å². The number of carbonyl (C=O) groups is 1. The number of carbonyl (C=O) groups excluding carboxylic acids is 1. The fraction of sp³-hybridized carbons (Fsp3) is 0.214. The Morgan fingerprint density at radius 3 is 2.80 bits per heavy atom. The minimum absolute atomic E-state index is 0.275. The molecule has 0 spiro atoms. The second kappa shape index (κ2) is 6.34. The number of nitrogens with zero attached hydrogens (tertiary/aromatic N) is 2. The average Bonchev–Trinajstić information content (AvgIpc) is 2.45. The van der Waals surface area contributed by atoms with Gasteiger partial charge in [-0.3, -0.25) is 9.78 Å². The summed E-state index contributed by atoms with van der Waals surface area (Å²) >= 11 is 5.93. The van der Waals surface area contributed by atoms with Crippen LogP contribution in [-0.2, 0) is 6.54 Å². The maximum atomic E-state index is 11.9. The van der Waals surface area contributed by atoms with Gasteiger partial charge in [0.1, 0.15) is 11.4 Å². The molecule has 2 rings (SSSR count). The quantitative estimate of drug-likeness (QED) is 0.939. The number of amides is 1. The Morgan fingerprint density at radius 2 is 2.15 bits per heavy atom. The monoisotopic (exact) mass is 291 g/mol. The van der Waals surface area contributed by atoms with Gasteiger partial charge >= 0.3 is 0 Å². The van der Waals surface area contributed by atoms with Crippen LogP contribution < -0.4 is 10.1 Å². The summed E-state index contributed by atoms with van der Waals surface area (Å²) in [7, 11) is 1.57. The van der Waals surface area contributed by atoms with Gasteiger partial charge in [-0.05, 0) is 25.1 Å². The zero-order chi connectivity index (χ0) is 14.5. The molecule has 0 aliphatic rings. The minimum Gasteiger partial charge on any atom is -0.496 e. The summed E-state index contributed by atoms with van der Waals surface area (Å²) in [4.78, 5) is 20.0. The highest BCUT2D eigenvalue weighted by atomic mass is 35.5. The van der Waals surface area contributed by atoms with Crippen molar-refractivity contribution in [3.05, 3.63) is 52.6 Å². The van der Waals surface area contributed by atoms with E-state index >= 15 is 0 Å². The Balaban J connectivity index is 2.06. The molecule has 2 aromatic rings. The molecule has 0 aliphatic carbocycles. The first kappa shape index (κ1) is 14.3. The van der Waals surface area contributed by atoms with Crippen LogP contribution in [-0.4, -0.2) is 23.0 Å². The van der Waals surface area contributed by atoms with E-state index in [4.69, 9.17) is 16.3 Å². The predicted molar refractivity (Wildman–Crippen MR) is 75.9 cm³/mol. The number of methoxy groups -OCH3 is 1. The van der Waals surface area contributed by atoms with E-state index < -0.39 is 0 Å². The van der Waals surface area contributed by atoms with Crippen molar-refractivity contribution in [3.63, 3.8) is 0 Å². The van der Waals surface area contributed by atoms with Crippen LogP contribution in [0, 0.1) is 6.92 Å². The molecule has 1 amide bonds. The smallest absolute Gasteiger partial charge is 0.271 e. The zero-order valence-corrected chi connectivity index (χ0v) is 11.9. The summed E-state index contributed by atoms with van der Waals surface area (Å²) in [5, 5.41) is 3.34. The Kier molecular flexibility index (Phi) is 4.53. The second-order valence-corrected chi connectivity index (χ2v) is 4.62. The van der Waals surface area contributed by atoms with Gasteiger partial charge in [0.2, 0.25) is 0 Å². The third-order valence-electron chi connectivity index (χ3n) is 2.70. The van der Waals surface area contributed by atoms with Gasteiger partial charge in [-0.2, -0.15) is 0 Å². The van der Waals surface area contributed by atoms with Crippen molar-refractivity contribution in [2.24, 2.45) is 0 Å². The molecule has 0 atom stereocenters. The first-order valence-electron chi connectivity index (χ1n) is 5.99. The third-order valence-corrected chi connectivity index (χ3v) is 2.93. The van der Waals surface area contributed by atoms with Crippen molar-refractivity contribution in [3.8, 4) is 5.75 Å². The fourth-order valence-electron chi connectivity index (χ4n) is 1.66. The average molecular weight is 292 g/mol. The van der Waals surface area contributed by atoms with Crippen molar-refractivity contribution in [2.45, 2.75) is 13.5 Å². The van der Waals surface area contributed by atoms with Crippen molar-refractivity contribution in [1.82, 2.24) is 15.3 Å². The highest BCUT2D eigenvalue weighted by Crippen LogP contribution is 2.22. The van der Waals surface area contributed by atoms with E-state index in [0.717, 1.165) is 11.3 Å². The van der Waals surface area contributed by atoms with E-state index in [0.29, 0.717) is 17.3 Å². The summed E-state index contributed by atoms with van der Waals surface area (Å²) in [6.45, 7) is 2.11. The molecule has 0 saturated carbocycles. The summed E-state index contributed by atoms with van der Waals surface area (Å²) in [5.41, 5.74) is 1.84. The number of benzene rings is 1. The molecule has 6 heteroatoms. The van der Waals surface area contributed by atoms with E-state index in [2.05, 4.69) is 15.3 Å². The number of ether oxygens (including phenoxy) is 1. The molecule has 0 aliphatic heterocycles. The summed E-state index contributed by atoms with van der Waals surface area (Å²) in [6.07, 6.45) is 2.99. The van der Waals surface area contributed by atoms with Crippen LogP contribution in [0.1, 0.15) is 21.7 Å². The van der Waals surface area contributed by atoms with Gasteiger partial charge in [-0.15, -0.1) is 0 Å². The normalized spacial score (nSPS) is 10.2. The predicted octanol–water partition coefficient (Wildman–Crippen LogP) is 2.38. The standard InChI is InChI=1S/C14H14ClN3O2/c1-9-6-17-12(8-16-9)14(19)18-7-10-5-11(15)3-4-13(10)20-2/h3-6,8H,7H2,1-2H3,(H,18,19). The molecule has 0 saturated heterocycles. The lowest BCUT2D eigenvalue weighted by Gasteiger charge is -2.10. The molecular weight excluding hydrogens is 278 g/mol. The van der Waals surface area contributed by atoms with Crippen LogP contribution >= 0.6 is 11.6 Å². The van der Waals surface area contributed by atoms with Crippen LogP contribution in [0.25, 0.3) is 0 Å². The van der Waals surface area contributed by atoms with E-state index in [9.17, 15) is 4.79 Å². The number of halogens is 1. The molecule has 0 radical (unpaired) electrons. The van der Waals surface area contributed by atoms with Crippen LogP contribution in [0.2, 0.25) is 5.02 Å². The van der Waals surface area contributed by atoms with Gasteiger partial charge in [0.05, 0.1) is 19.0 Å². The molecule has 1 heterocycles. The molecule has 1 aromatic heterocycles. The largest absolute Gasteiger partial charge is 0.496 e. The molecule has 1 N–H and O–H groups in total. The first-order chi connectivity index (χ1) is 9.60. The molecule has 5 nitrogen and oxygen atoms in total. The van der Waals surface area contributed by atoms with Crippen molar-refractivity contribution >= 4 is 17.5 Å². The highest BCUT2D eigenvalue weighted by molar-refractivity contribution is 6.30. The summed E-state index contributed by atoms with van der Waals surface area (Å²) in [6, 6.07) is 5.24. The number of aryl methyl sites for hydroxylation is 1. The van der Waals surface area contributed by atoms with E-state index in [1.54, 1.807) is 31.5 Å². The fourth-order valence-corrected chi connectivity index (χ4v) is 1.86. The number of nitrogens with one attached hydrogen (secondary N) is 1. The van der Waals surface area contributed by atoms with Crippen LogP contribution in [0.15, 0.2) is 30.6 Å². The van der Waals surface area contributed by atoms with E-state index in [-0.39, 0.29) is 11.6 Å². The molecule has 1 aromatic carbocycles. The van der Waals surface area contributed by atoms with Gasteiger partial charge in [-0.1, -0.05) is 11.6 Å². The van der Waals surface area contributed by atoms with Crippen molar-refractivity contribution < 1.29 is 9.53 Å². The first-order valence-corrected chi connectivity index (χ1v) is 6.37. The zero-order valence-electron chi connectivity index (χ0n) is 11.2. The lowest BCUT2D eigenvalue weighted by Crippen LogP contribution is -2.24. The molecule has 0 unspecified atom stereocenters. The number of hydrogen-bond acceptors (Lipinski definition) is 4. The van der Waals surface area contributed by atoms with Crippen molar-refractivity contribution in [1.29, 1.82) is 0 Å². The molecule has 20 heavy (non-hydrogen) atoms. The van der Waals surface area contributed by atoms with Gasteiger partial charge < -0.3 is 10.1 Å². The third kappa shape index (κ3) is 3.45. The van der Waals surface area contributed by atoms with Gasteiger partial charge in [0, 0.05) is 23.3 Å². The molecule has 104 valence electrons. The van der Waals surface area contributed by atoms with Crippen molar-refractivity contribution in [2.75, 3.05) is 7.11 Å². The highest BCUT2D eigenvalue weighted by Gasteiger charge is 2.09. The lowest BCUT2D eigenvalue weighted by molar-refractivity contribution is 0.0945.